The molecule has 154 valence electrons. The van der Waals surface area contributed by atoms with Gasteiger partial charge < -0.3 is 15.8 Å². The Morgan fingerprint density at radius 2 is 1.89 bits per heavy atom. The summed E-state index contributed by atoms with van der Waals surface area (Å²) in [6, 6.07) is 4.48. The first-order valence-corrected chi connectivity index (χ1v) is 9.35. The molecule has 1 aliphatic carbocycles. The van der Waals surface area contributed by atoms with Crippen molar-refractivity contribution in [1.82, 2.24) is 15.2 Å². The number of hydrogen-bond donors (Lipinski definition) is 2. The first kappa shape index (κ1) is 24.1. The minimum absolute atomic E-state index is 0. The summed E-state index contributed by atoms with van der Waals surface area (Å²) < 4.78 is 5.43. The average molecular weight is 419 g/mol. The smallest absolute Gasteiger partial charge is 0.223 e. The number of methoxy groups -OCH3 is 1. The number of nitrogens with zero attached hydrogens (tertiary/aromatic N) is 2. The second kappa shape index (κ2) is 11.8. The summed E-state index contributed by atoms with van der Waals surface area (Å²) in [5.41, 5.74) is 7.34. The number of ether oxygens (including phenoxy) is 1. The van der Waals surface area contributed by atoms with E-state index in [-0.39, 0.29) is 54.8 Å². The van der Waals surface area contributed by atoms with E-state index in [1.165, 1.54) is 5.56 Å². The number of nitrogens with one attached hydrogen (secondary N) is 1. The first-order chi connectivity index (χ1) is 12.2. The van der Waals surface area contributed by atoms with E-state index in [0.29, 0.717) is 0 Å². The van der Waals surface area contributed by atoms with Crippen molar-refractivity contribution in [3.05, 3.63) is 30.1 Å². The molecule has 1 saturated carbocycles. The van der Waals surface area contributed by atoms with E-state index in [4.69, 9.17) is 10.5 Å². The predicted octanol–water partition coefficient (Wildman–Crippen LogP) is 2.15. The Balaban J connectivity index is 0.00000182. The summed E-state index contributed by atoms with van der Waals surface area (Å²) in [6.07, 6.45) is 8.18. The fourth-order valence-electron chi connectivity index (χ4n) is 3.96. The van der Waals surface area contributed by atoms with Crippen molar-refractivity contribution in [2.45, 2.75) is 56.8 Å². The minimum Gasteiger partial charge on any atom is -0.380 e. The van der Waals surface area contributed by atoms with E-state index in [9.17, 15) is 4.79 Å². The van der Waals surface area contributed by atoms with E-state index < -0.39 is 0 Å². The predicted molar refractivity (Wildman–Crippen MR) is 111 cm³/mol. The molecule has 0 spiro atoms. The molecule has 1 aromatic heterocycles. The van der Waals surface area contributed by atoms with E-state index in [2.05, 4.69) is 27.3 Å². The number of carbonyl (C=O) groups excluding carboxylic acids is 1. The number of nitrogens with two attached hydrogens (primary N) is 1. The van der Waals surface area contributed by atoms with Gasteiger partial charge in [-0.15, -0.1) is 24.8 Å². The van der Waals surface area contributed by atoms with Crippen LogP contribution in [-0.4, -0.2) is 54.2 Å². The third-order valence-electron chi connectivity index (χ3n) is 5.61. The average Bonchev–Trinajstić information content (AvgIpc) is 2.64. The van der Waals surface area contributed by atoms with Crippen LogP contribution in [0.3, 0.4) is 0 Å². The van der Waals surface area contributed by atoms with Gasteiger partial charge in [-0.25, -0.2) is 0 Å². The second-order valence-corrected chi connectivity index (χ2v) is 7.36. The van der Waals surface area contributed by atoms with Crippen molar-refractivity contribution >= 4 is 30.7 Å². The van der Waals surface area contributed by atoms with Gasteiger partial charge in [0.2, 0.25) is 5.91 Å². The van der Waals surface area contributed by atoms with E-state index in [1.54, 1.807) is 7.11 Å². The van der Waals surface area contributed by atoms with Gasteiger partial charge in [0.25, 0.3) is 0 Å². The van der Waals surface area contributed by atoms with Crippen LogP contribution in [-0.2, 0) is 16.1 Å². The second-order valence-electron chi connectivity index (χ2n) is 7.36. The lowest BCUT2D eigenvalue weighted by molar-refractivity contribution is -0.128. The molecule has 2 fully saturated rings. The van der Waals surface area contributed by atoms with E-state index >= 15 is 0 Å². The van der Waals surface area contributed by atoms with Gasteiger partial charge in [0.05, 0.1) is 6.10 Å². The van der Waals surface area contributed by atoms with Crippen LogP contribution in [0.4, 0.5) is 0 Å². The minimum atomic E-state index is 0. The molecule has 1 aromatic rings. The maximum absolute atomic E-state index is 12.6. The van der Waals surface area contributed by atoms with Gasteiger partial charge in [-0.05, 0) is 49.8 Å². The maximum Gasteiger partial charge on any atom is 0.223 e. The summed E-state index contributed by atoms with van der Waals surface area (Å²) in [5.74, 6) is 0.223. The summed E-state index contributed by atoms with van der Waals surface area (Å²) in [4.78, 5) is 19.1. The normalized spacial score (nSPS) is 26.5. The van der Waals surface area contributed by atoms with E-state index in [1.807, 2.05) is 12.4 Å². The fraction of sp³-hybridized carbons (Fsp3) is 0.684. The lowest BCUT2D eigenvalue weighted by Gasteiger charge is -2.35. The Kier molecular flexibility index (Phi) is 10.6. The summed E-state index contributed by atoms with van der Waals surface area (Å²) in [5, 5.41) is 3.26. The lowest BCUT2D eigenvalue weighted by Crippen LogP contribution is -2.49. The Morgan fingerprint density at radius 3 is 2.52 bits per heavy atom. The van der Waals surface area contributed by atoms with Crippen molar-refractivity contribution < 1.29 is 9.53 Å². The molecule has 0 unspecified atom stereocenters. The van der Waals surface area contributed by atoms with Crippen LogP contribution in [0.1, 0.15) is 37.7 Å². The van der Waals surface area contributed by atoms with Crippen molar-refractivity contribution in [3.8, 4) is 0 Å². The van der Waals surface area contributed by atoms with Crippen molar-refractivity contribution in [3.63, 3.8) is 0 Å². The third kappa shape index (κ3) is 6.88. The number of aromatic nitrogens is 1. The third-order valence-corrected chi connectivity index (χ3v) is 5.61. The van der Waals surface area contributed by atoms with Gasteiger partial charge in [0.15, 0.2) is 0 Å². The molecule has 27 heavy (non-hydrogen) atoms. The van der Waals surface area contributed by atoms with Crippen LogP contribution >= 0.6 is 24.8 Å². The Bertz CT molecular complexity index is 556. The standard InChI is InChI=1S/C19H30N4O2.2ClH/c1-25-18-12-15(2-3-17(18)20)19(24)22-16-6-10-23(11-7-16)13-14-4-8-21-9-5-14;;/h4-5,8-9,15-18H,2-3,6-7,10-13,20H2,1H3,(H,22,24);2*1H/t15-,17-,18-;;/m0../s1. The zero-order valence-electron chi connectivity index (χ0n) is 15.9. The van der Waals surface area contributed by atoms with Gasteiger partial charge in [-0.3, -0.25) is 14.7 Å². The molecule has 1 saturated heterocycles. The number of rotatable bonds is 5. The van der Waals surface area contributed by atoms with E-state index in [0.717, 1.165) is 51.7 Å². The van der Waals surface area contributed by atoms with Crippen molar-refractivity contribution in [1.29, 1.82) is 0 Å². The molecule has 3 atom stereocenters. The van der Waals surface area contributed by atoms with Gasteiger partial charge in [-0.2, -0.15) is 0 Å². The Morgan fingerprint density at radius 1 is 1.22 bits per heavy atom. The molecule has 0 radical (unpaired) electrons. The van der Waals surface area contributed by atoms with Crippen LogP contribution in [0.5, 0.6) is 0 Å². The van der Waals surface area contributed by atoms with Crippen LogP contribution in [0.2, 0.25) is 0 Å². The molecule has 6 nitrogen and oxygen atoms in total. The molecule has 0 bridgehead atoms. The number of likely N-dealkylation sites (tertiary alicyclic amines) is 1. The number of pyridine rings is 1. The quantitative estimate of drug-likeness (QED) is 0.765. The molecule has 8 heteroatoms. The van der Waals surface area contributed by atoms with Crippen molar-refractivity contribution in [2.24, 2.45) is 11.7 Å². The summed E-state index contributed by atoms with van der Waals surface area (Å²) in [7, 11) is 1.68. The number of carbonyl (C=O) groups is 1. The highest BCUT2D eigenvalue weighted by Crippen LogP contribution is 2.26. The molecule has 1 amide bonds. The van der Waals surface area contributed by atoms with Gasteiger partial charge in [-0.1, -0.05) is 0 Å². The highest BCUT2D eigenvalue weighted by molar-refractivity contribution is 5.85. The molecule has 1 aliphatic heterocycles. The number of halogens is 2. The van der Waals surface area contributed by atoms with Crippen LogP contribution < -0.4 is 11.1 Å². The molecule has 2 heterocycles. The monoisotopic (exact) mass is 418 g/mol. The van der Waals surface area contributed by atoms with Gasteiger partial charge in [0, 0.05) is 57.1 Å². The molecular formula is C19H32Cl2N4O2. The van der Waals surface area contributed by atoms with Gasteiger partial charge >= 0.3 is 0 Å². The van der Waals surface area contributed by atoms with Crippen molar-refractivity contribution in [2.75, 3.05) is 20.2 Å². The molecule has 3 N–H and O–H groups in total. The zero-order valence-corrected chi connectivity index (χ0v) is 17.5. The molecular weight excluding hydrogens is 387 g/mol. The largest absolute Gasteiger partial charge is 0.380 e. The summed E-state index contributed by atoms with van der Waals surface area (Å²) in [6.45, 7) is 2.99. The highest BCUT2D eigenvalue weighted by atomic mass is 35.5. The Labute approximate surface area is 174 Å². The van der Waals surface area contributed by atoms with Crippen LogP contribution in [0.25, 0.3) is 0 Å². The molecule has 3 rings (SSSR count). The summed E-state index contributed by atoms with van der Waals surface area (Å²) >= 11 is 0. The topological polar surface area (TPSA) is 80.5 Å². The molecule has 0 aromatic carbocycles. The highest BCUT2D eigenvalue weighted by Gasteiger charge is 2.33. The maximum atomic E-state index is 12.6. The zero-order chi connectivity index (χ0) is 17.6. The lowest BCUT2D eigenvalue weighted by atomic mass is 9.83. The number of amides is 1. The first-order valence-electron chi connectivity index (χ1n) is 9.35. The fourth-order valence-corrected chi connectivity index (χ4v) is 3.96. The van der Waals surface area contributed by atoms with Crippen LogP contribution in [0, 0.1) is 5.92 Å². The number of piperidine rings is 1. The Hall–Kier alpha value is -0.920. The number of hydrogen-bond acceptors (Lipinski definition) is 5. The van der Waals surface area contributed by atoms with Crippen LogP contribution in [0.15, 0.2) is 24.5 Å². The van der Waals surface area contributed by atoms with Gasteiger partial charge in [0.1, 0.15) is 0 Å². The SMILES string of the molecule is CO[C@H]1C[C@@H](C(=O)NC2CCN(Cc3ccncc3)CC2)CC[C@@H]1N.Cl.Cl. The molecule has 2 aliphatic rings.